The fraction of sp³-hybridized carbons (Fsp3) is 0. The van der Waals surface area contributed by atoms with E-state index < -0.39 is 0 Å². The molecule has 4 aromatic rings. The molecule has 0 aliphatic heterocycles. The van der Waals surface area contributed by atoms with Crippen molar-refractivity contribution in [2.24, 2.45) is 5.10 Å². The summed E-state index contributed by atoms with van der Waals surface area (Å²) in [7, 11) is 0. The molecule has 0 spiro atoms. The number of hydrogen-bond donors (Lipinski definition) is 2. The maximum absolute atomic E-state index is 12.5. The van der Waals surface area contributed by atoms with E-state index in [-0.39, 0.29) is 5.91 Å². The summed E-state index contributed by atoms with van der Waals surface area (Å²) in [5.41, 5.74) is 4.94. The molecule has 0 bridgehead atoms. The number of benzene rings is 2. The second kappa shape index (κ2) is 8.05. The zero-order valence-corrected chi connectivity index (χ0v) is 18.0. The number of carbonyl (C=O) groups is 1. The number of nitrogens with one attached hydrogen (secondary N) is 2. The average molecular weight is 494 g/mol. The van der Waals surface area contributed by atoms with E-state index in [1.807, 2.05) is 30.3 Å². The Labute approximate surface area is 182 Å². The quantitative estimate of drug-likeness (QED) is 0.265. The minimum absolute atomic E-state index is 0.370. The number of fused-ring (bicyclic) bond motifs is 1. The summed E-state index contributed by atoms with van der Waals surface area (Å²) < 4.78 is 1.77. The van der Waals surface area contributed by atoms with Crippen LogP contribution in [0.3, 0.4) is 0 Å². The highest BCUT2D eigenvalue weighted by molar-refractivity contribution is 9.10. The second-order valence-electron chi connectivity index (χ2n) is 5.76. The lowest BCUT2D eigenvalue weighted by Crippen LogP contribution is -2.16. The van der Waals surface area contributed by atoms with E-state index in [1.54, 1.807) is 18.3 Å². The SMILES string of the molecule is O=C(N/N=C\c1cn[nH]c1-c1ccc(Cl)cc1)c1sc2cccc(Br)c2c1Cl. The maximum Gasteiger partial charge on any atom is 0.283 e. The Hall–Kier alpha value is -2.19. The van der Waals surface area contributed by atoms with Crippen LogP contribution in [0.25, 0.3) is 21.3 Å². The molecule has 0 aliphatic rings. The van der Waals surface area contributed by atoms with Crippen LogP contribution in [0.1, 0.15) is 15.2 Å². The van der Waals surface area contributed by atoms with Crippen molar-refractivity contribution < 1.29 is 4.79 Å². The average Bonchev–Trinajstić information content (AvgIpc) is 3.28. The molecule has 0 fully saturated rings. The lowest BCUT2D eigenvalue weighted by Gasteiger charge is -2.00. The Morgan fingerprint density at radius 1 is 1.21 bits per heavy atom. The molecule has 2 aromatic carbocycles. The van der Waals surface area contributed by atoms with Gasteiger partial charge in [-0.3, -0.25) is 9.89 Å². The van der Waals surface area contributed by atoms with E-state index >= 15 is 0 Å². The van der Waals surface area contributed by atoms with E-state index in [0.717, 1.165) is 31.4 Å². The summed E-state index contributed by atoms with van der Waals surface area (Å²) in [5.74, 6) is -0.370. The smallest absolute Gasteiger partial charge is 0.277 e. The molecule has 9 heteroatoms. The lowest BCUT2D eigenvalue weighted by molar-refractivity contribution is 0.0959. The second-order valence-corrected chi connectivity index (χ2v) is 8.49. The molecule has 0 saturated heterocycles. The van der Waals surface area contributed by atoms with Gasteiger partial charge in [-0.1, -0.05) is 57.3 Å². The van der Waals surface area contributed by atoms with E-state index in [0.29, 0.717) is 14.9 Å². The van der Waals surface area contributed by atoms with Crippen LogP contribution in [0.15, 0.2) is 58.2 Å². The summed E-state index contributed by atoms with van der Waals surface area (Å²) in [6.07, 6.45) is 3.16. The zero-order valence-electron chi connectivity index (χ0n) is 14.0. The summed E-state index contributed by atoms with van der Waals surface area (Å²) in [4.78, 5) is 12.9. The van der Waals surface area contributed by atoms with Gasteiger partial charge in [0.1, 0.15) is 4.88 Å². The van der Waals surface area contributed by atoms with E-state index in [2.05, 4.69) is 36.7 Å². The van der Waals surface area contributed by atoms with Crippen LogP contribution in [0.2, 0.25) is 10.0 Å². The Morgan fingerprint density at radius 2 is 2.00 bits per heavy atom. The summed E-state index contributed by atoms with van der Waals surface area (Å²) in [6.45, 7) is 0. The third-order valence-corrected chi connectivity index (χ3v) is 6.54. The third kappa shape index (κ3) is 3.71. The molecule has 140 valence electrons. The Morgan fingerprint density at radius 3 is 2.75 bits per heavy atom. The number of aromatic amines is 1. The summed E-state index contributed by atoms with van der Waals surface area (Å²) in [6, 6.07) is 13.0. The first-order valence-electron chi connectivity index (χ1n) is 8.04. The molecule has 0 radical (unpaired) electrons. The third-order valence-electron chi connectivity index (χ3n) is 3.98. The highest BCUT2D eigenvalue weighted by Crippen LogP contribution is 2.39. The number of hydrazone groups is 1. The molecule has 5 nitrogen and oxygen atoms in total. The van der Waals surface area contributed by atoms with Crippen LogP contribution < -0.4 is 5.43 Å². The monoisotopic (exact) mass is 492 g/mol. The van der Waals surface area contributed by atoms with Crippen molar-refractivity contribution in [3.05, 3.63) is 73.6 Å². The number of hydrogen-bond acceptors (Lipinski definition) is 4. The van der Waals surface area contributed by atoms with E-state index in [9.17, 15) is 4.79 Å². The highest BCUT2D eigenvalue weighted by Gasteiger charge is 2.18. The number of amides is 1. The van der Waals surface area contributed by atoms with Crippen molar-refractivity contribution in [3.8, 4) is 11.3 Å². The molecular formula is C19H11BrCl2N4OS. The van der Waals surface area contributed by atoms with E-state index in [1.165, 1.54) is 17.6 Å². The van der Waals surface area contributed by atoms with Gasteiger partial charge in [0.05, 0.1) is 23.1 Å². The van der Waals surface area contributed by atoms with Crippen LogP contribution in [0, 0.1) is 0 Å². The van der Waals surface area contributed by atoms with Gasteiger partial charge in [-0.2, -0.15) is 10.2 Å². The van der Waals surface area contributed by atoms with Crippen LogP contribution in [0.5, 0.6) is 0 Å². The van der Waals surface area contributed by atoms with Gasteiger partial charge >= 0.3 is 0 Å². The van der Waals surface area contributed by atoms with Gasteiger partial charge < -0.3 is 0 Å². The van der Waals surface area contributed by atoms with Gasteiger partial charge in [0.15, 0.2) is 0 Å². The Bertz CT molecular complexity index is 1200. The first-order valence-corrected chi connectivity index (χ1v) is 10.4. The van der Waals surface area contributed by atoms with Gasteiger partial charge in [-0.15, -0.1) is 11.3 Å². The van der Waals surface area contributed by atoms with Crippen molar-refractivity contribution in [1.29, 1.82) is 0 Å². The molecule has 2 N–H and O–H groups in total. The van der Waals surface area contributed by atoms with Gasteiger partial charge in [-0.25, -0.2) is 5.43 Å². The highest BCUT2D eigenvalue weighted by atomic mass is 79.9. The fourth-order valence-corrected chi connectivity index (χ4v) is 5.08. The molecule has 4 rings (SSSR count). The standard InChI is InChI=1S/C19H11BrCl2N4OS/c20-13-2-1-3-14-15(13)16(22)18(28-14)19(27)26-24-9-11-8-23-25-17(11)10-4-6-12(21)7-5-10/h1-9H,(H,23,25)(H,26,27)/b24-9-. The molecule has 2 aromatic heterocycles. The number of aromatic nitrogens is 2. The molecule has 0 saturated carbocycles. The molecule has 0 atom stereocenters. The molecular weight excluding hydrogens is 483 g/mol. The number of carbonyl (C=O) groups excluding carboxylic acids is 1. The molecule has 28 heavy (non-hydrogen) atoms. The van der Waals surface area contributed by atoms with Crippen molar-refractivity contribution in [2.75, 3.05) is 0 Å². The van der Waals surface area contributed by atoms with E-state index in [4.69, 9.17) is 23.2 Å². The van der Waals surface area contributed by atoms with Crippen molar-refractivity contribution in [2.45, 2.75) is 0 Å². The van der Waals surface area contributed by atoms with Crippen LogP contribution in [-0.2, 0) is 0 Å². The minimum atomic E-state index is -0.370. The van der Waals surface area contributed by atoms with Gasteiger partial charge in [0.25, 0.3) is 5.91 Å². The molecule has 0 unspecified atom stereocenters. The summed E-state index contributed by atoms with van der Waals surface area (Å²) >= 11 is 17.1. The van der Waals surface area contributed by atoms with Gasteiger partial charge in [-0.05, 0) is 24.3 Å². The topological polar surface area (TPSA) is 70.1 Å². The number of H-pyrrole nitrogens is 1. The van der Waals surface area contributed by atoms with Crippen molar-refractivity contribution in [3.63, 3.8) is 0 Å². The Kier molecular flexibility index (Phi) is 5.50. The largest absolute Gasteiger partial charge is 0.283 e. The molecule has 1 amide bonds. The number of halogens is 3. The first kappa shape index (κ1) is 19.1. The Balaban J connectivity index is 1.54. The summed E-state index contributed by atoms with van der Waals surface area (Å²) in [5, 5.41) is 12.9. The number of nitrogens with zero attached hydrogens (tertiary/aromatic N) is 2. The number of thiophene rings is 1. The number of rotatable bonds is 4. The zero-order chi connectivity index (χ0) is 19.7. The maximum atomic E-state index is 12.5. The van der Waals surface area contributed by atoms with Gasteiger partial charge in [0.2, 0.25) is 0 Å². The van der Waals surface area contributed by atoms with Crippen LogP contribution in [-0.4, -0.2) is 22.3 Å². The van der Waals surface area contributed by atoms with Crippen molar-refractivity contribution in [1.82, 2.24) is 15.6 Å². The van der Waals surface area contributed by atoms with Crippen LogP contribution in [0.4, 0.5) is 0 Å². The first-order chi connectivity index (χ1) is 13.5. The normalized spacial score (nSPS) is 11.4. The lowest BCUT2D eigenvalue weighted by atomic mass is 10.1. The fourth-order valence-electron chi connectivity index (χ4n) is 2.67. The van der Waals surface area contributed by atoms with Gasteiger partial charge in [0, 0.05) is 30.7 Å². The predicted molar refractivity (Wildman–Crippen MR) is 119 cm³/mol. The predicted octanol–water partition coefficient (Wildman–Crippen LogP) is 6.12. The molecule has 0 aliphatic carbocycles. The van der Waals surface area contributed by atoms with Crippen molar-refractivity contribution >= 4 is 72.7 Å². The molecule has 2 heterocycles. The van der Waals surface area contributed by atoms with Crippen LogP contribution >= 0.6 is 50.5 Å². The minimum Gasteiger partial charge on any atom is -0.277 e.